The molecule has 0 spiro atoms. The Balaban J connectivity index is 1.94. The Morgan fingerprint density at radius 2 is 1.95 bits per heavy atom. The zero-order chi connectivity index (χ0) is 14.8. The maximum atomic E-state index is 12.3. The van der Waals surface area contributed by atoms with Gasteiger partial charge < -0.3 is 5.32 Å². The monoisotopic (exact) mass is 408 g/mol. The number of para-hydroxylation sites is 1. The van der Waals surface area contributed by atoms with Gasteiger partial charge in [-0.1, -0.05) is 29.8 Å². The highest BCUT2D eigenvalue weighted by Gasteiger charge is 2.10. The summed E-state index contributed by atoms with van der Waals surface area (Å²) in [4.78, 5) is 16.6. The van der Waals surface area contributed by atoms with Crippen LogP contribution < -0.4 is 5.32 Å². The molecule has 0 saturated carbocycles. The van der Waals surface area contributed by atoms with E-state index < -0.39 is 0 Å². The summed E-state index contributed by atoms with van der Waals surface area (Å²) in [7, 11) is 0. The van der Waals surface area contributed by atoms with Gasteiger partial charge in [-0.15, -0.1) is 0 Å². The molecule has 0 bridgehead atoms. The van der Waals surface area contributed by atoms with Crippen molar-refractivity contribution in [1.82, 2.24) is 4.98 Å². The van der Waals surface area contributed by atoms with Crippen LogP contribution in [-0.4, -0.2) is 10.9 Å². The van der Waals surface area contributed by atoms with Gasteiger partial charge in [-0.3, -0.25) is 9.78 Å². The van der Waals surface area contributed by atoms with Crippen molar-refractivity contribution in [3.8, 4) is 0 Å². The smallest absolute Gasteiger partial charge is 0.255 e. The molecule has 2 aromatic carbocycles. The van der Waals surface area contributed by atoms with Crippen LogP contribution in [0.2, 0.25) is 5.02 Å². The number of carbonyl (C=O) groups excluding carboxylic acids is 1. The van der Waals surface area contributed by atoms with E-state index in [2.05, 4.69) is 32.9 Å². The number of amides is 1. The molecule has 0 aliphatic carbocycles. The fraction of sp³-hybridized carbons (Fsp3) is 0. The summed E-state index contributed by atoms with van der Waals surface area (Å²) >= 11 is 8.18. The number of benzene rings is 2. The minimum Gasteiger partial charge on any atom is -0.320 e. The maximum absolute atomic E-state index is 12.3. The van der Waals surface area contributed by atoms with E-state index in [9.17, 15) is 4.79 Å². The quantitative estimate of drug-likeness (QED) is 0.622. The Kier molecular flexibility index (Phi) is 4.07. The van der Waals surface area contributed by atoms with Crippen molar-refractivity contribution in [3.05, 3.63) is 68.9 Å². The Labute approximate surface area is 140 Å². The normalized spacial score (nSPS) is 10.6. The van der Waals surface area contributed by atoms with Crippen LogP contribution in [0.5, 0.6) is 0 Å². The average Bonchev–Trinajstić information content (AvgIpc) is 2.50. The van der Waals surface area contributed by atoms with Crippen LogP contribution in [0.1, 0.15) is 10.4 Å². The van der Waals surface area contributed by atoms with Gasteiger partial charge in [0.2, 0.25) is 0 Å². The number of aromatic nitrogens is 1. The van der Waals surface area contributed by atoms with E-state index in [4.69, 9.17) is 11.6 Å². The molecule has 0 saturated heterocycles. The number of hydrogen-bond acceptors (Lipinski definition) is 2. The number of rotatable bonds is 2. The molecule has 5 heteroatoms. The summed E-state index contributed by atoms with van der Waals surface area (Å²) < 4.78 is 0.914. The third-order valence-electron chi connectivity index (χ3n) is 3.06. The van der Waals surface area contributed by atoms with Crippen molar-refractivity contribution in [2.75, 3.05) is 5.32 Å². The highest BCUT2D eigenvalue weighted by molar-refractivity contribution is 14.1. The van der Waals surface area contributed by atoms with Crippen molar-refractivity contribution in [1.29, 1.82) is 0 Å². The van der Waals surface area contributed by atoms with Gasteiger partial charge in [0.05, 0.1) is 16.2 Å². The predicted molar refractivity (Wildman–Crippen MR) is 93.9 cm³/mol. The third kappa shape index (κ3) is 3.01. The van der Waals surface area contributed by atoms with E-state index in [1.165, 1.54) is 0 Å². The van der Waals surface area contributed by atoms with Crippen molar-refractivity contribution in [2.24, 2.45) is 0 Å². The summed E-state index contributed by atoms with van der Waals surface area (Å²) in [6.07, 6.45) is 1.71. The number of halogens is 2. The molecular formula is C16H10ClIN2O. The number of hydrogen-bond donors (Lipinski definition) is 1. The van der Waals surface area contributed by atoms with Crippen LogP contribution in [-0.2, 0) is 0 Å². The number of anilines is 1. The lowest BCUT2D eigenvalue weighted by Crippen LogP contribution is -2.12. The molecule has 0 aliphatic heterocycles. The maximum Gasteiger partial charge on any atom is 0.255 e. The molecule has 104 valence electrons. The molecule has 3 nitrogen and oxygen atoms in total. The molecular weight excluding hydrogens is 399 g/mol. The fourth-order valence-corrected chi connectivity index (χ4v) is 2.55. The zero-order valence-electron chi connectivity index (χ0n) is 10.8. The highest BCUT2D eigenvalue weighted by Crippen LogP contribution is 2.23. The second-order valence-corrected chi connectivity index (χ2v) is 6.03. The highest BCUT2D eigenvalue weighted by atomic mass is 127. The second-order valence-electron chi connectivity index (χ2n) is 4.46. The van der Waals surface area contributed by atoms with Gasteiger partial charge in [-0.05, 0) is 52.9 Å². The van der Waals surface area contributed by atoms with E-state index in [0.29, 0.717) is 16.3 Å². The van der Waals surface area contributed by atoms with Crippen LogP contribution in [0.25, 0.3) is 10.9 Å². The third-order valence-corrected chi connectivity index (χ3v) is 4.63. The molecule has 0 aliphatic rings. The molecule has 3 rings (SSSR count). The van der Waals surface area contributed by atoms with Crippen molar-refractivity contribution < 1.29 is 4.79 Å². The van der Waals surface area contributed by atoms with Gasteiger partial charge in [-0.2, -0.15) is 0 Å². The molecule has 3 aromatic rings. The Hall–Kier alpha value is -1.66. The molecule has 0 radical (unpaired) electrons. The lowest BCUT2D eigenvalue weighted by Gasteiger charge is -2.08. The topological polar surface area (TPSA) is 42.0 Å². The first-order valence-corrected chi connectivity index (χ1v) is 7.71. The first kappa shape index (κ1) is 14.3. The molecule has 0 unspecified atom stereocenters. The SMILES string of the molecule is O=C(Nc1cccc2cccnc12)c1ccc(I)c(Cl)c1. The molecule has 1 aromatic heterocycles. The van der Waals surface area contributed by atoms with Crippen molar-refractivity contribution in [2.45, 2.75) is 0 Å². The van der Waals surface area contributed by atoms with Gasteiger partial charge in [0.15, 0.2) is 0 Å². The van der Waals surface area contributed by atoms with Crippen LogP contribution in [0.15, 0.2) is 54.7 Å². The molecule has 0 atom stereocenters. The van der Waals surface area contributed by atoms with E-state index in [0.717, 1.165) is 14.5 Å². The number of nitrogens with zero attached hydrogens (tertiary/aromatic N) is 1. The van der Waals surface area contributed by atoms with E-state index in [1.54, 1.807) is 18.3 Å². The van der Waals surface area contributed by atoms with Crippen molar-refractivity contribution in [3.63, 3.8) is 0 Å². The zero-order valence-corrected chi connectivity index (χ0v) is 13.7. The van der Waals surface area contributed by atoms with E-state index in [-0.39, 0.29) is 5.91 Å². The predicted octanol–water partition coefficient (Wildman–Crippen LogP) is 4.75. The molecule has 1 N–H and O–H groups in total. The van der Waals surface area contributed by atoms with Gasteiger partial charge in [0, 0.05) is 20.7 Å². The summed E-state index contributed by atoms with van der Waals surface area (Å²) in [6.45, 7) is 0. The molecule has 1 heterocycles. The second kappa shape index (κ2) is 5.99. The van der Waals surface area contributed by atoms with Crippen LogP contribution >= 0.6 is 34.2 Å². The Morgan fingerprint density at radius 1 is 1.14 bits per heavy atom. The minimum absolute atomic E-state index is 0.202. The number of fused-ring (bicyclic) bond motifs is 1. The number of carbonyl (C=O) groups is 1. The lowest BCUT2D eigenvalue weighted by molar-refractivity contribution is 0.102. The average molecular weight is 409 g/mol. The van der Waals surface area contributed by atoms with E-state index in [1.807, 2.05) is 36.4 Å². The number of pyridine rings is 1. The van der Waals surface area contributed by atoms with Gasteiger partial charge >= 0.3 is 0 Å². The molecule has 21 heavy (non-hydrogen) atoms. The summed E-state index contributed by atoms with van der Waals surface area (Å²) in [5.41, 5.74) is 1.98. The van der Waals surface area contributed by atoms with E-state index >= 15 is 0 Å². The van der Waals surface area contributed by atoms with Crippen LogP contribution in [0.4, 0.5) is 5.69 Å². The Bertz CT molecular complexity index is 830. The first-order chi connectivity index (χ1) is 10.1. The summed E-state index contributed by atoms with van der Waals surface area (Å²) in [5.74, 6) is -0.202. The van der Waals surface area contributed by atoms with Gasteiger partial charge in [0.25, 0.3) is 5.91 Å². The van der Waals surface area contributed by atoms with Gasteiger partial charge in [0.1, 0.15) is 0 Å². The Morgan fingerprint density at radius 3 is 2.76 bits per heavy atom. The number of nitrogens with one attached hydrogen (secondary N) is 1. The lowest BCUT2D eigenvalue weighted by atomic mass is 10.1. The van der Waals surface area contributed by atoms with Crippen LogP contribution in [0.3, 0.4) is 0 Å². The molecule has 1 amide bonds. The fourth-order valence-electron chi connectivity index (χ4n) is 2.04. The largest absolute Gasteiger partial charge is 0.320 e. The summed E-state index contributed by atoms with van der Waals surface area (Å²) in [5, 5.41) is 4.44. The standard InChI is InChI=1S/C16H10ClIN2O/c17-12-9-11(6-7-13(12)18)16(21)20-14-5-1-3-10-4-2-8-19-15(10)14/h1-9H,(H,20,21). The van der Waals surface area contributed by atoms with Gasteiger partial charge in [-0.25, -0.2) is 0 Å². The summed E-state index contributed by atoms with van der Waals surface area (Å²) in [6, 6.07) is 14.7. The molecule has 0 fully saturated rings. The minimum atomic E-state index is -0.202. The van der Waals surface area contributed by atoms with Crippen LogP contribution in [0, 0.1) is 3.57 Å². The van der Waals surface area contributed by atoms with Crippen molar-refractivity contribution >= 4 is 56.7 Å². The first-order valence-electron chi connectivity index (χ1n) is 6.25.